The molecule has 30 rings (SSSR count). The van der Waals surface area contributed by atoms with Gasteiger partial charge in [-0.2, -0.15) is 19.9 Å². The van der Waals surface area contributed by atoms with Crippen molar-refractivity contribution in [1.82, 2.24) is 72.7 Å². The van der Waals surface area contributed by atoms with Gasteiger partial charge in [-0.25, -0.2) is 29.9 Å². The second-order valence-electron chi connectivity index (χ2n) is 37.0. The molecule has 0 fully saturated rings. The van der Waals surface area contributed by atoms with E-state index in [1.54, 1.807) is 0 Å². The van der Waals surface area contributed by atoms with Crippen LogP contribution in [0.4, 0.5) is 0 Å². The van der Waals surface area contributed by atoms with Crippen molar-refractivity contribution in [1.29, 1.82) is 0 Å². The molecule has 692 valence electrons. The molecule has 148 heavy (non-hydrogen) atoms. The largest absolute Gasteiger partial charge is 0.309 e. The minimum atomic E-state index is 0.580. The van der Waals surface area contributed by atoms with Crippen LogP contribution >= 0.6 is 11.3 Å². The highest BCUT2D eigenvalue weighted by atomic mass is 32.1. The number of fused-ring (bicyclic) bond motifs is 20. The van der Waals surface area contributed by atoms with E-state index in [0.717, 1.165) is 160 Å². The molecule has 0 N–H and O–H groups in total. The molecule has 0 bridgehead atoms. The van der Waals surface area contributed by atoms with Crippen LogP contribution in [0.15, 0.2) is 504 Å². The molecular weight excluding hydrogens is 1830 g/mol. The van der Waals surface area contributed by atoms with Crippen molar-refractivity contribution in [2.24, 2.45) is 0 Å². The number of para-hydroxylation sites is 5. The van der Waals surface area contributed by atoms with E-state index in [2.05, 4.69) is 355 Å². The third-order valence-electron chi connectivity index (χ3n) is 28.3. The summed E-state index contributed by atoms with van der Waals surface area (Å²) in [6.07, 6.45) is 5.69. The summed E-state index contributed by atoms with van der Waals surface area (Å²) in [5.74, 6) is 4.41. The molecule has 0 amide bonds. The van der Waals surface area contributed by atoms with Gasteiger partial charge in [-0.15, -0.1) is 11.3 Å². The Kier molecular flexibility index (Phi) is 21.1. The van der Waals surface area contributed by atoms with Gasteiger partial charge in [-0.05, 0) is 190 Å². The van der Waals surface area contributed by atoms with Gasteiger partial charge in [0.1, 0.15) is 11.3 Å². The van der Waals surface area contributed by atoms with Gasteiger partial charge in [0.15, 0.2) is 29.1 Å². The maximum absolute atomic E-state index is 5.10. The van der Waals surface area contributed by atoms with E-state index in [9.17, 15) is 0 Å². The quantitative estimate of drug-likeness (QED) is 0.103. The van der Waals surface area contributed by atoms with Gasteiger partial charge in [0.2, 0.25) is 11.9 Å². The van der Waals surface area contributed by atoms with Crippen LogP contribution in [0.2, 0.25) is 0 Å². The predicted molar refractivity (Wildman–Crippen MR) is 608 cm³/mol. The van der Waals surface area contributed by atoms with Crippen LogP contribution in [-0.4, -0.2) is 72.7 Å². The van der Waals surface area contributed by atoms with Crippen LogP contribution < -0.4 is 0 Å². The molecule has 16 heteroatoms. The average molecular weight is 1910 g/mol. The molecule has 0 unspecified atom stereocenters. The SMILES string of the molecule is c1ccc(-c2ccnc(-c3cccc(-n4c5ccccc5c5cc(-c6ccc7sc8ccccc8c7c6)ccc54)c3)n2)cc1.c1ccc(-c2nc(-c3ccccc3)nc(-n3c4ccccc4c4cc(-c5ccc6c(c5)c5c7ccccc7cnc5n6-c5ccccc5)ccc43)n2)cc1.c1ccc(-c2nc(-c3ccccc3)nc(-n3c4ccccc4c4cc(-c5ccc6c(c5)c5cccnc5n6-c5ccccc5)ccc43)n2)cc1. The fraction of sp³-hybridized carbons (Fsp3) is 0. The molecule has 11 heterocycles. The van der Waals surface area contributed by atoms with E-state index in [-0.39, 0.29) is 0 Å². The Morgan fingerprint density at radius 2 is 0.520 bits per heavy atom. The highest BCUT2D eigenvalue weighted by molar-refractivity contribution is 7.25. The second-order valence-corrected chi connectivity index (χ2v) is 38.1. The van der Waals surface area contributed by atoms with E-state index in [1.807, 2.05) is 188 Å². The van der Waals surface area contributed by atoms with Crippen LogP contribution in [0.1, 0.15) is 0 Å². The lowest BCUT2D eigenvalue weighted by molar-refractivity contribution is 0.953. The van der Waals surface area contributed by atoms with Gasteiger partial charge >= 0.3 is 0 Å². The first-order valence-electron chi connectivity index (χ1n) is 49.5. The molecular formula is C132H83N15S. The summed E-state index contributed by atoms with van der Waals surface area (Å²) in [4.78, 5) is 49.6. The lowest BCUT2D eigenvalue weighted by atomic mass is 9.99. The zero-order valence-corrected chi connectivity index (χ0v) is 80.4. The number of hydrogen-bond donors (Lipinski definition) is 0. The third kappa shape index (κ3) is 15.1. The number of nitrogens with zero attached hydrogens (tertiary/aromatic N) is 15. The van der Waals surface area contributed by atoms with Crippen molar-refractivity contribution in [2.75, 3.05) is 0 Å². The van der Waals surface area contributed by atoms with Crippen molar-refractivity contribution >= 4 is 152 Å². The number of benzene rings is 19. The second kappa shape index (κ2) is 36.2. The minimum Gasteiger partial charge on any atom is -0.309 e. The Labute approximate surface area is 852 Å². The molecule has 0 atom stereocenters. The van der Waals surface area contributed by atoms with Crippen LogP contribution in [0.3, 0.4) is 0 Å². The first-order chi connectivity index (χ1) is 73.4. The molecule has 0 aliphatic carbocycles. The fourth-order valence-electron chi connectivity index (χ4n) is 21.4. The Hall–Kier alpha value is -19.9. The smallest absolute Gasteiger partial charge is 0.238 e. The third-order valence-corrected chi connectivity index (χ3v) is 29.5. The summed E-state index contributed by atoms with van der Waals surface area (Å²) in [5.41, 5.74) is 27.7. The maximum atomic E-state index is 5.10. The molecule has 0 spiro atoms. The summed E-state index contributed by atoms with van der Waals surface area (Å²) in [7, 11) is 0. The van der Waals surface area contributed by atoms with Gasteiger partial charge in [0.05, 0.1) is 49.8 Å². The van der Waals surface area contributed by atoms with Gasteiger partial charge in [-0.1, -0.05) is 334 Å². The van der Waals surface area contributed by atoms with Crippen molar-refractivity contribution in [3.05, 3.63) is 504 Å². The molecule has 15 nitrogen and oxygen atoms in total. The molecule has 30 aromatic rings. The summed E-state index contributed by atoms with van der Waals surface area (Å²) in [5, 5.41) is 16.6. The Morgan fingerprint density at radius 1 is 0.169 bits per heavy atom. The molecule has 0 saturated heterocycles. The monoisotopic (exact) mass is 1910 g/mol. The van der Waals surface area contributed by atoms with Gasteiger partial charge < -0.3 is 4.57 Å². The Bertz CT molecular complexity index is 10300. The molecule has 11 aromatic heterocycles. The first kappa shape index (κ1) is 86.0. The van der Waals surface area contributed by atoms with Crippen molar-refractivity contribution in [2.45, 2.75) is 0 Å². The highest BCUT2D eigenvalue weighted by Gasteiger charge is 2.26. The highest BCUT2D eigenvalue weighted by Crippen LogP contribution is 2.46. The molecule has 0 aliphatic heterocycles. The number of thiophene rings is 1. The number of aromatic nitrogens is 15. The Morgan fingerprint density at radius 3 is 1.02 bits per heavy atom. The Balaban J connectivity index is 0.000000108. The maximum Gasteiger partial charge on any atom is 0.238 e. The van der Waals surface area contributed by atoms with Crippen molar-refractivity contribution < 1.29 is 0 Å². The van der Waals surface area contributed by atoms with E-state index in [4.69, 9.17) is 44.9 Å². The zero-order valence-electron chi connectivity index (χ0n) is 79.5. The van der Waals surface area contributed by atoms with Gasteiger partial charge in [0.25, 0.3) is 0 Å². The van der Waals surface area contributed by atoms with E-state index >= 15 is 0 Å². The van der Waals surface area contributed by atoms with E-state index < -0.39 is 0 Å². The fourth-order valence-corrected chi connectivity index (χ4v) is 22.5. The van der Waals surface area contributed by atoms with Crippen LogP contribution in [0.5, 0.6) is 0 Å². The lowest BCUT2D eigenvalue weighted by Gasteiger charge is -2.11. The summed E-state index contributed by atoms with van der Waals surface area (Å²) >= 11 is 1.86. The minimum absolute atomic E-state index is 0.580. The van der Waals surface area contributed by atoms with E-state index in [0.29, 0.717) is 41.0 Å². The lowest BCUT2D eigenvalue weighted by Crippen LogP contribution is -2.06. The molecule has 0 saturated carbocycles. The topological polar surface area (TPSA) is 154 Å². The predicted octanol–water partition coefficient (Wildman–Crippen LogP) is 33.0. The number of hydrogen-bond acceptors (Lipinski definition) is 11. The number of pyridine rings is 2. The molecule has 0 aliphatic rings. The standard InChI is InChI=1S/C48H30N6.C44H28N6.C40H25N3S/c1-4-14-31(15-5-1)45-50-46(32-16-6-2-7-17-32)52-48(51-45)54-41-23-13-12-22-38(41)39-28-33(24-26-42(39)54)34-25-27-43-40(29-34)44-37-21-11-10-18-35(37)30-49-47(44)53(43)36-19-8-3-9-20-36;1-4-13-29(14-5-1)41-46-42(30-15-6-2-7-16-30)48-44(47-41)50-38-21-11-10-19-34(38)36-27-31(23-25-40(36)50)32-22-24-39-37(28-32)35-20-12-26-45-43(35)49(39)33-17-8-3-9-18-33;1-2-9-26(10-3-1)35-21-22-41-40(42-35)29-11-8-12-30(23-29)43-36-15-6-4-13-31(36)33-24-27(17-19-37(33)43)28-18-20-39-34(25-28)32-14-5-7-16-38(32)44-39/h1-30H;1-28H;1-25H. The van der Waals surface area contributed by atoms with Gasteiger partial charge in [0, 0.05) is 148 Å². The van der Waals surface area contributed by atoms with Crippen molar-refractivity contribution in [3.8, 4) is 131 Å². The first-order valence-corrected chi connectivity index (χ1v) is 50.3. The zero-order chi connectivity index (χ0) is 97.6. The molecule has 19 aromatic carbocycles. The average Bonchev–Trinajstić information content (AvgIpc) is 1.58. The van der Waals surface area contributed by atoms with Crippen LogP contribution in [0.25, 0.3) is 271 Å². The normalized spacial score (nSPS) is 11.6. The van der Waals surface area contributed by atoms with Crippen LogP contribution in [0, 0.1) is 0 Å². The number of rotatable bonds is 14. The van der Waals surface area contributed by atoms with Gasteiger partial charge in [-0.3, -0.25) is 18.3 Å². The summed E-state index contributed by atoms with van der Waals surface area (Å²) in [6, 6.07) is 170. The molecule has 0 radical (unpaired) electrons. The van der Waals surface area contributed by atoms with E-state index in [1.165, 1.54) is 69.3 Å². The van der Waals surface area contributed by atoms with Crippen LogP contribution in [-0.2, 0) is 0 Å². The summed E-state index contributed by atoms with van der Waals surface area (Å²) < 4.78 is 13.9. The van der Waals surface area contributed by atoms with Crippen molar-refractivity contribution in [3.63, 3.8) is 0 Å². The summed E-state index contributed by atoms with van der Waals surface area (Å²) in [6.45, 7) is 0.